The molecule has 162 valence electrons. The number of hydrogen-bond acceptors (Lipinski definition) is 6. The number of benzene rings is 1. The monoisotopic (exact) mass is 442 g/mol. The number of furan rings is 1. The van der Waals surface area contributed by atoms with Crippen molar-refractivity contribution in [2.45, 2.75) is 25.4 Å². The highest BCUT2D eigenvalue weighted by molar-refractivity contribution is 7.98. The van der Waals surface area contributed by atoms with Crippen LogP contribution >= 0.6 is 11.8 Å². The van der Waals surface area contributed by atoms with Gasteiger partial charge in [-0.05, 0) is 49.9 Å². The largest absolute Gasteiger partial charge is 0.461 e. The molecule has 3 rings (SSSR count). The van der Waals surface area contributed by atoms with Crippen LogP contribution in [0.3, 0.4) is 0 Å². The van der Waals surface area contributed by atoms with Gasteiger partial charge in [0.15, 0.2) is 11.6 Å². The molecule has 1 aromatic carbocycles. The average molecular weight is 443 g/mol. The predicted octanol–water partition coefficient (Wildman–Crippen LogP) is 3.68. The van der Waals surface area contributed by atoms with Crippen molar-refractivity contribution in [1.29, 1.82) is 0 Å². The zero-order valence-electron chi connectivity index (χ0n) is 17.5. The SMILES string of the molecule is CCN(CC(=O)NCc1ccc(F)cc1)C(=O)c1c(C)nc(-c2ccco2)nc1SC. The van der Waals surface area contributed by atoms with Crippen molar-refractivity contribution in [1.82, 2.24) is 20.2 Å². The molecule has 0 unspecified atom stereocenters. The number of thioether (sulfide) groups is 1. The molecule has 0 radical (unpaired) electrons. The molecule has 2 amide bonds. The topological polar surface area (TPSA) is 88.3 Å². The zero-order chi connectivity index (χ0) is 22.4. The minimum absolute atomic E-state index is 0.107. The minimum Gasteiger partial charge on any atom is -0.461 e. The standard InChI is InChI=1S/C22H23FN4O3S/c1-4-27(13-18(28)24-12-15-7-9-16(23)10-8-15)22(29)19-14(2)25-20(26-21(19)31-3)17-6-5-11-30-17/h5-11H,4,12-13H2,1-3H3,(H,24,28). The quantitative estimate of drug-likeness (QED) is 0.423. The maximum Gasteiger partial charge on any atom is 0.258 e. The number of carbonyl (C=O) groups excluding carboxylic acids is 2. The van der Waals surface area contributed by atoms with E-state index in [1.165, 1.54) is 35.1 Å². The number of nitrogens with one attached hydrogen (secondary N) is 1. The first-order valence-corrected chi connectivity index (χ1v) is 10.9. The highest BCUT2D eigenvalue weighted by atomic mass is 32.2. The fourth-order valence-electron chi connectivity index (χ4n) is 2.97. The first-order valence-electron chi connectivity index (χ1n) is 9.69. The Morgan fingerprint density at radius 2 is 1.94 bits per heavy atom. The summed E-state index contributed by atoms with van der Waals surface area (Å²) in [5, 5.41) is 3.28. The van der Waals surface area contributed by atoms with Crippen molar-refractivity contribution in [3.05, 3.63) is 65.3 Å². The number of nitrogens with zero attached hydrogens (tertiary/aromatic N) is 3. The van der Waals surface area contributed by atoms with Crippen molar-refractivity contribution in [3.8, 4) is 11.6 Å². The molecule has 0 fully saturated rings. The van der Waals surface area contributed by atoms with Gasteiger partial charge in [-0.1, -0.05) is 12.1 Å². The van der Waals surface area contributed by atoms with Gasteiger partial charge in [0.1, 0.15) is 10.8 Å². The molecule has 2 heterocycles. The lowest BCUT2D eigenvalue weighted by Gasteiger charge is -2.22. The number of carbonyl (C=O) groups is 2. The highest BCUT2D eigenvalue weighted by Crippen LogP contribution is 2.26. The number of aryl methyl sites for hydroxylation is 1. The highest BCUT2D eigenvalue weighted by Gasteiger charge is 2.25. The molecule has 31 heavy (non-hydrogen) atoms. The Morgan fingerprint density at radius 3 is 2.55 bits per heavy atom. The molecule has 0 aliphatic rings. The molecule has 3 aromatic rings. The Labute approximate surface area is 184 Å². The summed E-state index contributed by atoms with van der Waals surface area (Å²) >= 11 is 1.33. The van der Waals surface area contributed by atoms with Crippen LogP contribution in [0.25, 0.3) is 11.6 Å². The van der Waals surface area contributed by atoms with E-state index in [1.807, 2.05) is 6.26 Å². The summed E-state index contributed by atoms with van der Waals surface area (Å²) in [4.78, 5) is 36.0. The lowest BCUT2D eigenvalue weighted by Crippen LogP contribution is -2.41. The van der Waals surface area contributed by atoms with E-state index in [0.29, 0.717) is 34.4 Å². The van der Waals surface area contributed by atoms with Gasteiger partial charge in [-0.15, -0.1) is 11.8 Å². The van der Waals surface area contributed by atoms with E-state index < -0.39 is 0 Å². The van der Waals surface area contributed by atoms with E-state index in [1.54, 1.807) is 38.1 Å². The van der Waals surface area contributed by atoms with E-state index >= 15 is 0 Å². The maximum absolute atomic E-state index is 13.2. The van der Waals surface area contributed by atoms with E-state index in [4.69, 9.17) is 4.42 Å². The molecule has 0 aliphatic heterocycles. The first kappa shape index (κ1) is 22.5. The smallest absolute Gasteiger partial charge is 0.258 e. The van der Waals surface area contributed by atoms with Gasteiger partial charge in [0.2, 0.25) is 5.91 Å². The van der Waals surface area contributed by atoms with E-state index in [2.05, 4.69) is 15.3 Å². The molecule has 0 saturated carbocycles. The second kappa shape index (κ2) is 10.2. The first-order chi connectivity index (χ1) is 14.9. The molecule has 0 spiro atoms. The second-order valence-corrected chi connectivity index (χ2v) is 7.51. The fraction of sp³-hybridized carbons (Fsp3) is 0.273. The summed E-state index contributed by atoms with van der Waals surface area (Å²) in [6.45, 7) is 4.03. The summed E-state index contributed by atoms with van der Waals surface area (Å²) in [6, 6.07) is 9.37. The molecule has 7 nitrogen and oxygen atoms in total. The second-order valence-electron chi connectivity index (χ2n) is 6.72. The van der Waals surface area contributed by atoms with Crippen LogP contribution in [0.2, 0.25) is 0 Å². The number of hydrogen-bond donors (Lipinski definition) is 1. The summed E-state index contributed by atoms with van der Waals surface area (Å²) in [7, 11) is 0. The number of halogens is 1. The normalized spacial score (nSPS) is 10.7. The number of rotatable bonds is 8. The van der Waals surface area contributed by atoms with Crippen molar-refractivity contribution in [2.24, 2.45) is 0 Å². The fourth-order valence-corrected chi connectivity index (χ4v) is 3.59. The maximum atomic E-state index is 13.2. The molecular weight excluding hydrogens is 419 g/mol. The summed E-state index contributed by atoms with van der Waals surface area (Å²) in [6.07, 6.45) is 3.37. The molecule has 0 aliphatic carbocycles. The van der Waals surface area contributed by atoms with Crippen LogP contribution in [0.4, 0.5) is 4.39 Å². The van der Waals surface area contributed by atoms with Gasteiger partial charge in [0.25, 0.3) is 5.91 Å². The molecule has 9 heteroatoms. The van der Waals surface area contributed by atoms with Gasteiger partial charge >= 0.3 is 0 Å². The van der Waals surface area contributed by atoms with Crippen molar-refractivity contribution >= 4 is 23.6 Å². The van der Waals surface area contributed by atoms with Crippen LogP contribution in [0.5, 0.6) is 0 Å². The summed E-state index contributed by atoms with van der Waals surface area (Å²) < 4.78 is 18.4. The molecular formula is C22H23FN4O3S. The van der Waals surface area contributed by atoms with Crippen molar-refractivity contribution in [3.63, 3.8) is 0 Å². The van der Waals surface area contributed by atoms with Crippen molar-refractivity contribution in [2.75, 3.05) is 19.3 Å². The van der Waals surface area contributed by atoms with Gasteiger partial charge in [0, 0.05) is 13.1 Å². The van der Waals surface area contributed by atoms with Crippen LogP contribution in [0.1, 0.15) is 28.5 Å². The lowest BCUT2D eigenvalue weighted by atomic mass is 10.2. The van der Waals surface area contributed by atoms with Crippen molar-refractivity contribution < 1.29 is 18.4 Å². The summed E-state index contributed by atoms with van der Waals surface area (Å²) in [5.74, 6) is -0.0326. The molecule has 1 N–H and O–H groups in total. The van der Waals surface area contributed by atoms with Crippen LogP contribution in [-0.2, 0) is 11.3 Å². The average Bonchev–Trinajstić information content (AvgIpc) is 3.31. The third kappa shape index (κ3) is 5.49. The third-order valence-corrected chi connectivity index (χ3v) is 5.29. The lowest BCUT2D eigenvalue weighted by molar-refractivity contribution is -0.121. The van der Waals surface area contributed by atoms with Crippen LogP contribution in [-0.4, -0.2) is 46.0 Å². The molecule has 0 saturated heterocycles. The Bertz CT molecular complexity index is 1060. The third-order valence-electron chi connectivity index (χ3n) is 4.61. The molecule has 0 bridgehead atoms. The van der Waals surface area contributed by atoms with E-state index in [0.717, 1.165) is 5.56 Å². The van der Waals surface area contributed by atoms with Gasteiger partial charge in [0.05, 0.1) is 24.1 Å². The minimum atomic E-state index is -0.335. The van der Waals surface area contributed by atoms with Crippen LogP contribution in [0, 0.1) is 12.7 Å². The Balaban J connectivity index is 1.73. The zero-order valence-corrected chi connectivity index (χ0v) is 18.3. The van der Waals surface area contributed by atoms with Gasteiger partial charge < -0.3 is 14.6 Å². The Kier molecular flexibility index (Phi) is 7.41. The van der Waals surface area contributed by atoms with Crippen LogP contribution < -0.4 is 5.32 Å². The van der Waals surface area contributed by atoms with Crippen LogP contribution in [0.15, 0.2) is 52.1 Å². The summed E-state index contributed by atoms with van der Waals surface area (Å²) in [5.41, 5.74) is 1.66. The Morgan fingerprint density at radius 1 is 1.19 bits per heavy atom. The Hall–Kier alpha value is -3.20. The number of likely N-dealkylation sites (N-methyl/N-ethyl adjacent to an activating group) is 1. The predicted molar refractivity (Wildman–Crippen MR) is 116 cm³/mol. The number of aromatic nitrogens is 2. The van der Waals surface area contributed by atoms with Gasteiger partial charge in [-0.3, -0.25) is 9.59 Å². The van der Waals surface area contributed by atoms with Gasteiger partial charge in [-0.2, -0.15) is 0 Å². The molecule has 0 atom stereocenters. The van der Waals surface area contributed by atoms with Gasteiger partial charge in [-0.25, -0.2) is 14.4 Å². The molecule has 2 aromatic heterocycles. The number of amides is 2. The van der Waals surface area contributed by atoms with E-state index in [-0.39, 0.29) is 30.7 Å². The van der Waals surface area contributed by atoms with E-state index in [9.17, 15) is 14.0 Å².